The summed E-state index contributed by atoms with van der Waals surface area (Å²) in [4.78, 5) is 0. The normalized spacial score (nSPS) is 10.2. The maximum Gasteiger partial charge on any atom is 1.00 e. The molecule has 0 aliphatic rings. The van der Waals surface area contributed by atoms with E-state index >= 15 is 0 Å². The van der Waals surface area contributed by atoms with Crippen LogP contribution < -0.4 is 18.9 Å². The van der Waals surface area contributed by atoms with Crippen molar-refractivity contribution in [2.75, 3.05) is 0 Å². The second kappa shape index (κ2) is 6.19. The Hall–Kier alpha value is -0.633. The standard InChI is InChI=1S/C4HF6NO3S.Li/c5-1(6)3(9)11(15(12,13)14)4(10)2(7)8;/h(H,12,13,14);/q;+1/p-1. The fourth-order valence-electron chi connectivity index (χ4n) is 0.436. The zero-order valence-corrected chi connectivity index (χ0v) is 8.16. The Morgan fingerprint density at radius 1 is 0.875 bits per heavy atom. The summed E-state index contributed by atoms with van der Waals surface area (Å²) in [5.74, 6) is -6.45. The summed E-state index contributed by atoms with van der Waals surface area (Å²) in [5, 5.41) is 0. The molecule has 0 saturated carbocycles. The molecule has 0 unspecified atom stereocenters. The van der Waals surface area contributed by atoms with Crippen molar-refractivity contribution in [1.82, 2.24) is 4.31 Å². The summed E-state index contributed by atoms with van der Waals surface area (Å²) in [6.07, 6.45) is -6.88. The average molecular weight is 263 g/mol. The van der Waals surface area contributed by atoms with Gasteiger partial charge in [-0.25, -0.2) is 8.42 Å². The molecule has 88 valence electrons. The molecule has 0 radical (unpaired) electrons. The first-order valence-electron chi connectivity index (χ1n) is 2.76. The van der Waals surface area contributed by atoms with Crippen LogP contribution in [0.4, 0.5) is 26.3 Å². The Kier molecular flexibility index (Phi) is 6.87. The molecule has 0 N–H and O–H groups in total. The van der Waals surface area contributed by atoms with E-state index in [1.165, 1.54) is 0 Å². The van der Waals surface area contributed by atoms with Gasteiger partial charge in [0.25, 0.3) is 11.9 Å². The first-order valence-corrected chi connectivity index (χ1v) is 4.13. The Balaban J connectivity index is 0. The van der Waals surface area contributed by atoms with Gasteiger partial charge in [-0.15, -0.1) is 0 Å². The van der Waals surface area contributed by atoms with Gasteiger partial charge >= 0.3 is 31.0 Å². The fourth-order valence-corrected chi connectivity index (χ4v) is 0.967. The van der Waals surface area contributed by atoms with E-state index in [2.05, 4.69) is 0 Å². The van der Waals surface area contributed by atoms with Crippen LogP contribution in [0.15, 0.2) is 24.1 Å². The smallest absolute Gasteiger partial charge is 0.730 e. The Bertz CT molecular complexity index is 387. The molecule has 0 atom stereocenters. The quantitative estimate of drug-likeness (QED) is 0.279. The molecule has 0 heterocycles. The molecule has 0 bridgehead atoms. The topological polar surface area (TPSA) is 60.4 Å². The average Bonchev–Trinajstić information content (AvgIpc) is 2.01. The molecule has 12 heteroatoms. The summed E-state index contributed by atoms with van der Waals surface area (Å²) in [7, 11) is -6.20. The largest absolute Gasteiger partial charge is 1.00 e. The van der Waals surface area contributed by atoms with Gasteiger partial charge in [0.1, 0.15) is 0 Å². The van der Waals surface area contributed by atoms with Crippen molar-refractivity contribution in [1.29, 1.82) is 0 Å². The summed E-state index contributed by atoms with van der Waals surface area (Å²) in [6.45, 7) is 0. The maximum atomic E-state index is 12.2. The van der Waals surface area contributed by atoms with Crippen molar-refractivity contribution < 1.29 is 58.2 Å². The van der Waals surface area contributed by atoms with Crippen LogP contribution in [0.25, 0.3) is 0 Å². The molecule has 0 saturated heterocycles. The van der Waals surface area contributed by atoms with Crippen LogP contribution >= 0.6 is 0 Å². The predicted octanol–water partition coefficient (Wildman–Crippen LogP) is -1.18. The minimum Gasteiger partial charge on any atom is -0.730 e. The minimum absolute atomic E-state index is 0. The second-order valence-corrected chi connectivity index (χ2v) is 3.05. The number of halogens is 6. The van der Waals surface area contributed by atoms with Gasteiger partial charge in [-0.05, 0) is 0 Å². The van der Waals surface area contributed by atoms with Crippen LogP contribution in [0.5, 0.6) is 0 Å². The van der Waals surface area contributed by atoms with Crippen LogP contribution in [0.2, 0.25) is 0 Å². The Morgan fingerprint density at radius 3 is 1.25 bits per heavy atom. The van der Waals surface area contributed by atoms with Gasteiger partial charge in [0.05, 0.1) is 0 Å². The Morgan fingerprint density at radius 2 is 1.12 bits per heavy atom. The van der Waals surface area contributed by atoms with Crippen molar-refractivity contribution in [3.63, 3.8) is 0 Å². The predicted molar refractivity (Wildman–Crippen MR) is 32.2 cm³/mol. The third kappa shape index (κ3) is 4.48. The molecule has 16 heavy (non-hydrogen) atoms. The van der Waals surface area contributed by atoms with E-state index in [0.717, 1.165) is 0 Å². The van der Waals surface area contributed by atoms with Crippen LogP contribution in [-0.4, -0.2) is 17.3 Å². The monoisotopic (exact) mass is 263 g/mol. The third-order valence-electron chi connectivity index (χ3n) is 0.892. The van der Waals surface area contributed by atoms with Gasteiger partial charge < -0.3 is 4.55 Å². The zero-order chi connectivity index (χ0) is 12.4. The molecule has 0 aliphatic carbocycles. The van der Waals surface area contributed by atoms with Crippen LogP contribution in [0.3, 0.4) is 0 Å². The van der Waals surface area contributed by atoms with Crippen molar-refractivity contribution in [3.8, 4) is 0 Å². The third-order valence-corrected chi connectivity index (χ3v) is 1.66. The first kappa shape index (κ1) is 17.8. The first-order chi connectivity index (χ1) is 6.59. The number of nitrogens with zero attached hydrogens (tertiary/aromatic N) is 1. The van der Waals surface area contributed by atoms with Crippen LogP contribution in [-0.2, 0) is 10.3 Å². The molecular weight excluding hydrogens is 263 g/mol. The molecule has 0 aromatic heterocycles. The zero-order valence-electron chi connectivity index (χ0n) is 7.35. The molecule has 0 aromatic carbocycles. The van der Waals surface area contributed by atoms with Crippen molar-refractivity contribution in [2.45, 2.75) is 0 Å². The van der Waals surface area contributed by atoms with Crippen molar-refractivity contribution in [2.24, 2.45) is 0 Å². The van der Waals surface area contributed by atoms with E-state index in [9.17, 15) is 39.3 Å². The minimum atomic E-state index is -6.20. The van der Waals surface area contributed by atoms with Crippen LogP contribution in [0, 0.1) is 0 Å². The van der Waals surface area contributed by atoms with E-state index < -0.39 is 38.7 Å². The molecule has 4 nitrogen and oxygen atoms in total. The van der Waals surface area contributed by atoms with E-state index in [1.54, 1.807) is 0 Å². The molecule has 0 aliphatic heterocycles. The molecule has 0 aromatic rings. The van der Waals surface area contributed by atoms with Gasteiger partial charge in [0, 0.05) is 0 Å². The van der Waals surface area contributed by atoms with Crippen LogP contribution in [0.1, 0.15) is 0 Å². The molecule has 0 amide bonds. The van der Waals surface area contributed by atoms with Gasteiger partial charge in [-0.3, -0.25) is 0 Å². The molecule has 0 spiro atoms. The van der Waals surface area contributed by atoms with Gasteiger partial charge in [-0.2, -0.15) is 30.6 Å². The summed E-state index contributed by atoms with van der Waals surface area (Å²) < 4.78 is 98.1. The number of rotatable bonds is 3. The van der Waals surface area contributed by atoms with Gasteiger partial charge in [0.15, 0.2) is 10.3 Å². The van der Waals surface area contributed by atoms with E-state index in [-0.39, 0.29) is 18.9 Å². The fraction of sp³-hybridized carbons (Fsp3) is 0. The summed E-state index contributed by atoms with van der Waals surface area (Å²) >= 11 is 0. The van der Waals surface area contributed by atoms with E-state index in [1.807, 2.05) is 0 Å². The van der Waals surface area contributed by atoms with Crippen molar-refractivity contribution >= 4 is 10.3 Å². The SMILES string of the molecule is O=S(=O)([O-])N(C(F)=C(F)F)C(F)=C(F)F.[Li+]. The summed E-state index contributed by atoms with van der Waals surface area (Å²) in [6, 6.07) is 0. The van der Waals surface area contributed by atoms with E-state index in [4.69, 9.17) is 0 Å². The Labute approximate surface area is 97.3 Å². The van der Waals surface area contributed by atoms with Gasteiger partial charge in [0.2, 0.25) is 0 Å². The number of hydrogen-bond donors (Lipinski definition) is 0. The number of hydrogen-bond acceptors (Lipinski definition) is 3. The maximum absolute atomic E-state index is 12.2. The van der Waals surface area contributed by atoms with E-state index in [0.29, 0.717) is 0 Å². The summed E-state index contributed by atoms with van der Waals surface area (Å²) in [5.41, 5.74) is 0. The molecule has 0 rings (SSSR count). The van der Waals surface area contributed by atoms with Crippen molar-refractivity contribution in [3.05, 3.63) is 24.1 Å². The van der Waals surface area contributed by atoms with Gasteiger partial charge in [-0.1, -0.05) is 0 Å². The molecule has 0 fully saturated rings. The second-order valence-electron chi connectivity index (χ2n) is 1.82. The molecular formula is C4F6LiNO3S.